The van der Waals surface area contributed by atoms with Gasteiger partial charge in [0, 0.05) is 0 Å². The molecular formula is C24H21NO4. The van der Waals surface area contributed by atoms with Crippen LogP contribution in [0.1, 0.15) is 27.0 Å². The Morgan fingerprint density at radius 3 is 2.10 bits per heavy atom. The number of aryl methyl sites for hydroxylation is 3. The molecule has 0 aliphatic carbocycles. The summed E-state index contributed by atoms with van der Waals surface area (Å²) in [4.78, 5) is 27.1. The number of carbonyl (C=O) groups excluding carboxylic acids is 2. The molecule has 0 bridgehead atoms. The van der Waals surface area contributed by atoms with E-state index in [4.69, 9.17) is 4.74 Å². The number of anilines is 2. The molecule has 1 amide bonds. The van der Waals surface area contributed by atoms with Crippen LogP contribution >= 0.6 is 0 Å². The molecule has 1 N–H and O–H groups in total. The monoisotopic (exact) mass is 387 g/mol. The highest BCUT2D eigenvalue weighted by molar-refractivity contribution is 6.04. The first-order valence-electron chi connectivity index (χ1n) is 9.50. The number of phenolic OH excluding ortho intramolecular Hbond substituents is 1. The quantitative estimate of drug-likeness (QED) is 0.680. The van der Waals surface area contributed by atoms with E-state index in [0.717, 1.165) is 35.3 Å². The van der Waals surface area contributed by atoms with E-state index < -0.39 is 12.6 Å². The second-order valence-corrected chi connectivity index (χ2v) is 7.06. The highest BCUT2D eigenvalue weighted by Crippen LogP contribution is 2.36. The maximum Gasteiger partial charge on any atom is 0.338 e. The lowest BCUT2D eigenvalue weighted by Crippen LogP contribution is -2.31. The van der Waals surface area contributed by atoms with Crippen LogP contribution in [0.25, 0.3) is 0 Å². The number of hydrogen-bond acceptors (Lipinski definition) is 4. The van der Waals surface area contributed by atoms with Gasteiger partial charge in [-0.15, -0.1) is 0 Å². The third-order valence-corrected chi connectivity index (χ3v) is 5.15. The predicted molar refractivity (Wildman–Crippen MR) is 111 cm³/mol. The minimum absolute atomic E-state index is 0.0150. The Morgan fingerprint density at radius 2 is 1.52 bits per heavy atom. The molecule has 0 atom stereocenters. The largest absolute Gasteiger partial charge is 0.508 e. The molecule has 1 aliphatic heterocycles. The topological polar surface area (TPSA) is 66.8 Å². The van der Waals surface area contributed by atoms with Gasteiger partial charge in [0.25, 0.3) is 5.91 Å². The van der Waals surface area contributed by atoms with Gasteiger partial charge >= 0.3 is 5.97 Å². The highest BCUT2D eigenvalue weighted by Gasteiger charge is 2.26. The van der Waals surface area contributed by atoms with Crippen molar-refractivity contribution in [2.45, 2.75) is 19.8 Å². The van der Waals surface area contributed by atoms with Crippen molar-refractivity contribution in [3.05, 3.63) is 89.0 Å². The highest BCUT2D eigenvalue weighted by atomic mass is 16.5. The number of nitrogens with zero attached hydrogens (tertiary/aromatic N) is 1. The number of esters is 1. The molecule has 5 heteroatoms. The van der Waals surface area contributed by atoms with Crippen LogP contribution in [0.4, 0.5) is 11.4 Å². The van der Waals surface area contributed by atoms with Crippen molar-refractivity contribution in [3.8, 4) is 5.75 Å². The van der Waals surface area contributed by atoms with Crippen molar-refractivity contribution in [1.29, 1.82) is 0 Å². The van der Waals surface area contributed by atoms with Crippen LogP contribution < -0.4 is 4.90 Å². The number of aromatic hydroxyl groups is 1. The Bertz CT molecular complexity index is 1040. The Balaban J connectivity index is 1.59. The van der Waals surface area contributed by atoms with Gasteiger partial charge in [0.1, 0.15) is 5.75 Å². The first-order chi connectivity index (χ1) is 14.0. The summed E-state index contributed by atoms with van der Waals surface area (Å²) >= 11 is 0. The number of carbonyl (C=O) groups is 2. The molecular weight excluding hydrogens is 366 g/mol. The average Bonchev–Trinajstić information content (AvgIpc) is 2.90. The fourth-order valence-electron chi connectivity index (χ4n) is 3.56. The predicted octanol–water partition coefficient (Wildman–Crippen LogP) is 4.32. The molecule has 3 aromatic rings. The normalized spacial score (nSPS) is 12.5. The zero-order chi connectivity index (χ0) is 20.4. The van der Waals surface area contributed by atoms with E-state index in [0.29, 0.717) is 5.56 Å². The minimum Gasteiger partial charge on any atom is -0.508 e. The third kappa shape index (κ3) is 3.72. The van der Waals surface area contributed by atoms with Crippen LogP contribution in [0.3, 0.4) is 0 Å². The molecule has 0 saturated heterocycles. The van der Waals surface area contributed by atoms with Crippen LogP contribution in [0.2, 0.25) is 0 Å². The number of hydrogen-bond donors (Lipinski definition) is 1. The molecule has 4 rings (SSSR count). The van der Waals surface area contributed by atoms with Gasteiger partial charge < -0.3 is 9.84 Å². The van der Waals surface area contributed by atoms with E-state index in [2.05, 4.69) is 0 Å². The Kier molecular flexibility index (Phi) is 5.04. The first-order valence-corrected chi connectivity index (χ1v) is 9.50. The second-order valence-electron chi connectivity index (χ2n) is 7.06. The molecule has 3 aromatic carbocycles. The summed E-state index contributed by atoms with van der Waals surface area (Å²) in [5, 5.41) is 9.80. The van der Waals surface area contributed by atoms with Gasteiger partial charge in [0.2, 0.25) is 0 Å². The maximum atomic E-state index is 13.1. The lowest BCUT2D eigenvalue weighted by molar-refractivity contribution is -0.120. The molecule has 1 heterocycles. The van der Waals surface area contributed by atoms with Crippen molar-refractivity contribution in [3.63, 3.8) is 0 Å². The number of para-hydroxylation sites is 2. The van der Waals surface area contributed by atoms with Crippen LogP contribution in [0.5, 0.6) is 5.75 Å². The SMILES string of the molecule is Cc1ccc(C(=O)OCC(=O)N2c3ccccc3CCc3ccccc32)cc1O. The van der Waals surface area contributed by atoms with Crippen molar-refractivity contribution >= 4 is 23.3 Å². The second kappa shape index (κ2) is 7.80. The van der Waals surface area contributed by atoms with Gasteiger partial charge in [-0.05, 0) is 60.7 Å². The molecule has 0 radical (unpaired) electrons. The molecule has 29 heavy (non-hydrogen) atoms. The van der Waals surface area contributed by atoms with Gasteiger partial charge in [-0.3, -0.25) is 9.69 Å². The van der Waals surface area contributed by atoms with Crippen LogP contribution in [0.15, 0.2) is 66.7 Å². The van der Waals surface area contributed by atoms with Gasteiger partial charge in [-0.25, -0.2) is 4.79 Å². The minimum atomic E-state index is -0.648. The molecule has 0 fully saturated rings. The molecule has 1 aliphatic rings. The van der Waals surface area contributed by atoms with Crippen LogP contribution in [-0.2, 0) is 22.4 Å². The van der Waals surface area contributed by atoms with Crippen molar-refractivity contribution < 1.29 is 19.4 Å². The molecule has 146 valence electrons. The summed E-state index contributed by atoms with van der Waals surface area (Å²) in [6.07, 6.45) is 1.67. The number of fused-ring (bicyclic) bond motifs is 2. The number of rotatable bonds is 3. The van der Waals surface area contributed by atoms with Gasteiger partial charge in [0.05, 0.1) is 16.9 Å². The average molecular weight is 387 g/mol. The van der Waals surface area contributed by atoms with Crippen molar-refractivity contribution in [2.24, 2.45) is 0 Å². The first kappa shape index (κ1) is 18.7. The fraction of sp³-hybridized carbons (Fsp3) is 0.167. The fourth-order valence-corrected chi connectivity index (χ4v) is 3.56. The van der Waals surface area contributed by atoms with Crippen molar-refractivity contribution in [1.82, 2.24) is 0 Å². The van der Waals surface area contributed by atoms with E-state index in [9.17, 15) is 14.7 Å². The lowest BCUT2D eigenvalue weighted by atomic mass is 10.0. The van der Waals surface area contributed by atoms with Crippen LogP contribution in [0, 0.1) is 6.92 Å². The smallest absolute Gasteiger partial charge is 0.338 e. The van der Waals surface area contributed by atoms with Crippen molar-refractivity contribution in [2.75, 3.05) is 11.5 Å². The summed E-state index contributed by atoms with van der Waals surface area (Å²) < 4.78 is 5.27. The Hall–Kier alpha value is -3.60. The van der Waals surface area contributed by atoms with E-state index in [1.54, 1.807) is 24.0 Å². The number of amides is 1. The summed E-state index contributed by atoms with van der Waals surface area (Å²) in [5.41, 5.74) is 4.64. The molecule has 0 spiro atoms. The molecule has 5 nitrogen and oxygen atoms in total. The number of phenols is 1. The summed E-state index contributed by atoms with van der Waals surface area (Å²) in [7, 11) is 0. The van der Waals surface area contributed by atoms with Gasteiger partial charge in [-0.1, -0.05) is 42.5 Å². The van der Waals surface area contributed by atoms with E-state index >= 15 is 0 Å². The van der Waals surface area contributed by atoms with E-state index in [1.165, 1.54) is 6.07 Å². The van der Waals surface area contributed by atoms with Gasteiger partial charge in [-0.2, -0.15) is 0 Å². The number of ether oxygens (including phenoxy) is 1. The van der Waals surface area contributed by atoms with E-state index in [1.807, 2.05) is 48.5 Å². The van der Waals surface area contributed by atoms with Crippen LogP contribution in [-0.4, -0.2) is 23.6 Å². The lowest BCUT2D eigenvalue weighted by Gasteiger charge is -2.24. The summed E-state index contributed by atoms with van der Waals surface area (Å²) in [6, 6.07) is 20.1. The molecule has 0 unspecified atom stereocenters. The number of benzene rings is 3. The Labute approximate surface area is 169 Å². The standard InChI is InChI=1S/C24H21NO4/c1-16-10-11-19(14-22(16)26)24(28)29-15-23(27)25-20-8-4-2-6-17(20)12-13-18-7-3-5-9-21(18)25/h2-11,14,26H,12-13,15H2,1H3. The van der Waals surface area contributed by atoms with Gasteiger partial charge in [0.15, 0.2) is 6.61 Å². The summed E-state index contributed by atoms with van der Waals surface area (Å²) in [5.74, 6) is -0.956. The third-order valence-electron chi connectivity index (χ3n) is 5.15. The zero-order valence-electron chi connectivity index (χ0n) is 16.1. The zero-order valence-corrected chi connectivity index (χ0v) is 16.1. The molecule has 0 aromatic heterocycles. The van der Waals surface area contributed by atoms with E-state index in [-0.39, 0.29) is 17.2 Å². The Morgan fingerprint density at radius 1 is 0.931 bits per heavy atom. The summed E-state index contributed by atoms with van der Waals surface area (Å²) in [6.45, 7) is 1.35. The maximum absolute atomic E-state index is 13.1. The molecule has 0 saturated carbocycles.